The van der Waals surface area contributed by atoms with Gasteiger partial charge in [-0.15, -0.1) is 0 Å². The molecule has 0 aliphatic heterocycles. The molecule has 0 amide bonds. The fourth-order valence-electron chi connectivity index (χ4n) is 2.79. The van der Waals surface area contributed by atoms with Gasteiger partial charge in [0.05, 0.1) is 5.52 Å². The third-order valence-electron chi connectivity index (χ3n) is 3.80. The number of nitrogens with one attached hydrogen (secondary N) is 1. The Morgan fingerprint density at radius 2 is 2.00 bits per heavy atom. The van der Waals surface area contributed by atoms with E-state index >= 15 is 0 Å². The number of nitrogens with zero attached hydrogens (tertiary/aromatic N) is 3. The van der Waals surface area contributed by atoms with Gasteiger partial charge in [0.1, 0.15) is 11.8 Å². The van der Waals surface area contributed by atoms with Crippen molar-refractivity contribution in [3.8, 4) is 0 Å². The van der Waals surface area contributed by atoms with E-state index in [2.05, 4.69) is 54.3 Å². The summed E-state index contributed by atoms with van der Waals surface area (Å²) in [6.45, 7) is 6.62. The molecule has 0 saturated heterocycles. The Hall–Kier alpha value is -2.30. The first-order valence-electron chi connectivity index (χ1n) is 7.67. The molecule has 2 heterocycles. The fraction of sp³-hybridized carbons (Fsp3) is 0.294. The Balaban J connectivity index is 2.03. The largest absolute Gasteiger partial charge is 0.346 e. The van der Waals surface area contributed by atoms with Gasteiger partial charge < -0.3 is 9.88 Å². The Bertz CT molecular complexity index is 808. The van der Waals surface area contributed by atoms with Crippen LogP contribution < -0.4 is 10.8 Å². The Kier molecular flexibility index (Phi) is 3.88. The van der Waals surface area contributed by atoms with E-state index in [0.717, 1.165) is 29.8 Å². The van der Waals surface area contributed by atoms with E-state index in [0.29, 0.717) is 5.82 Å². The number of hydrogen-bond donors (Lipinski definition) is 1. The van der Waals surface area contributed by atoms with Crippen molar-refractivity contribution in [1.29, 1.82) is 0 Å². The maximum absolute atomic E-state index is 4.43. The van der Waals surface area contributed by atoms with E-state index in [-0.39, 0.29) is 0 Å². The van der Waals surface area contributed by atoms with Crippen LogP contribution in [-0.2, 0) is 7.05 Å². The van der Waals surface area contributed by atoms with E-state index < -0.39 is 0 Å². The maximum Gasteiger partial charge on any atom is 0.163 e. The first-order chi connectivity index (χ1) is 10.5. The van der Waals surface area contributed by atoms with Gasteiger partial charge in [-0.05, 0) is 19.1 Å². The highest BCUT2D eigenvalue weighted by atomic mass is 15.1. The van der Waals surface area contributed by atoms with Gasteiger partial charge in [0.2, 0.25) is 0 Å². The molecule has 112 valence electrons. The first-order valence-corrected chi connectivity index (χ1v) is 7.67. The quantitative estimate of drug-likeness (QED) is 0.752. The maximum atomic E-state index is 4.43. The summed E-state index contributed by atoms with van der Waals surface area (Å²) in [5, 5.41) is 3.50. The topological polar surface area (TPSA) is 42.7 Å². The lowest BCUT2D eigenvalue weighted by Crippen LogP contribution is -2.21. The van der Waals surface area contributed by atoms with Gasteiger partial charge in [-0.25, -0.2) is 9.97 Å². The molecule has 0 bridgehead atoms. The van der Waals surface area contributed by atoms with Gasteiger partial charge in [0, 0.05) is 18.9 Å². The van der Waals surface area contributed by atoms with Crippen molar-refractivity contribution in [2.75, 3.05) is 5.32 Å². The predicted molar refractivity (Wildman–Crippen MR) is 94.9 cm³/mol. The Morgan fingerprint density at radius 1 is 1.18 bits per heavy atom. The first kappa shape index (κ1) is 14.6. The number of fused-ring (bicyclic) bond motifs is 1. The van der Waals surface area contributed by atoms with Crippen LogP contribution in [0.5, 0.6) is 0 Å². The molecular formula is C17H21BN4. The van der Waals surface area contributed by atoms with Gasteiger partial charge in [-0.3, -0.25) is 0 Å². The van der Waals surface area contributed by atoms with Crippen molar-refractivity contribution in [3.05, 3.63) is 42.4 Å². The number of aryl methyl sites for hydroxylation is 2. The summed E-state index contributed by atoms with van der Waals surface area (Å²) in [5.74, 6) is 1.47. The zero-order chi connectivity index (χ0) is 15.7. The molecule has 1 aromatic carbocycles. The minimum Gasteiger partial charge on any atom is -0.346 e. The summed E-state index contributed by atoms with van der Waals surface area (Å²) in [7, 11) is 3.06. The molecule has 2 aromatic heterocycles. The molecule has 0 radical (unpaired) electrons. The second kappa shape index (κ2) is 5.83. The van der Waals surface area contributed by atoms with Crippen LogP contribution in [0.25, 0.3) is 11.0 Å². The zero-order valence-corrected chi connectivity index (χ0v) is 13.6. The van der Waals surface area contributed by atoms with Crippen molar-refractivity contribution in [3.63, 3.8) is 0 Å². The van der Waals surface area contributed by atoms with E-state index in [1.54, 1.807) is 6.33 Å². The van der Waals surface area contributed by atoms with Crippen LogP contribution in [0.3, 0.4) is 0 Å². The lowest BCUT2D eigenvalue weighted by Gasteiger charge is -2.14. The second-order valence-electron chi connectivity index (χ2n) is 6.27. The van der Waals surface area contributed by atoms with Gasteiger partial charge in [0.25, 0.3) is 0 Å². The summed E-state index contributed by atoms with van der Waals surface area (Å²) in [6.07, 6.45) is 3.62. The van der Waals surface area contributed by atoms with Crippen LogP contribution in [0.2, 0.25) is 5.82 Å². The molecule has 22 heavy (non-hydrogen) atoms. The average Bonchev–Trinajstić information content (AvgIpc) is 2.84. The molecule has 0 unspecified atom stereocenters. The third-order valence-corrected chi connectivity index (χ3v) is 3.80. The smallest absolute Gasteiger partial charge is 0.163 e. The van der Waals surface area contributed by atoms with Crippen molar-refractivity contribution in [2.45, 2.75) is 26.6 Å². The molecule has 0 aliphatic rings. The number of rotatable bonds is 4. The fourth-order valence-corrected chi connectivity index (χ4v) is 2.79. The number of hydrogen-bond acceptors (Lipinski definition) is 3. The lowest BCUT2D eigenvalue weighted by atomic mass is 9.60. The minimum absolute atomic E-state index is 0.614. The third kappa shape index (κ3) is 2.84. The number of benzene rings is 1. The molecule has 0 spiro atoms. The van der Waals surface area contributed by atoms with Crippen LogP contribution in [0, 0.1) is 6.92 Å². The summed E-state index contributed by atoms with van der Waals surface area (Å²) in [5.41, 5.74) is 5.72. The van der Waals surface area contributed by atoms with Crippen LogP contribution in [-0.4, -0.2) is 21.8 Å². The number of anilines is 2. The van der Waals surface area contributed by atoms with Crippen LogP contribution in [0.4, 0.5) is 11.5 Å². The molecule has 0 saturated carbocycles. The normalized spacial score (nSPS) is 11.1. The highest BCUT2D eigenvalue weighted by Gasteiger charge is 2.11. The van der Waals surface area contributed by atoms with Crippen molar-refractivity contribution in [1.82, 2.24) is 14.5 Å². The summed E-state index contributed by atoms with van der Waals surface area (Å²) in [4.78, 5) is 8.75. The molecule has 5 heteroatoms. The van der Waals surface area contributed by atoms with E-state index in [1.165, 1.54) is 11.0 Å². The lowest BCUT2D eigenvalue weighted by molar-refractivity contribution is 0.964. The highest BCUT2D eigenvalue weighted by Crippen LogP contribution is 2.23. The molecule has 0 aliphatic carbocycles. The Labute approximate surface area is 131 Å². The molecule has 0 atom stereocenters. The van der Waals surface area contributed by atoms with Crippen molar-refractivity contribution in [2.24, 2.45) is 7.05 Å². The monoisotopic (exact) mass is 292 g/mol. The van der Waals surface area contributed by atoms with Gasteiger partial charge in [-0.2, -0.15) is 0 Å². The van der Waals surface area contributed by atoms with Crippen molar-refractivity contribution >= 4 is 35.3 Å². The molecular weight excluding hydrogens is 271 g/mol. The predicted octanol–water partition coefficient (Wildman–Crippen LogP) is 2.91. The molecule has 3 aromatic rings. The molecule has 1 N–H and O–H groups in total. The summed E-state index contributed by atoms with van der Waals surface area (Å²) >= 11 is 0. The second-order valence-corrected chi connectivity index (χ2v) is 6.27. The molecule has 4 nitrogen and oxygen atoms in total. The van der Waals surface area contributed by atoms with E-state index in [9.17, 15) is 0 Å². The van der Waals surface area contributed by atoms with Gasteiger partial charge >= 0.3 is 0 Å². The highest BCUT2D eigenvalue weighted by molar-refractivity contribution is 6.57. The summed E-state index contributed by atoms with van der Waals surface area (Å²) in [6, 6.07) is 8.54. The van der Waals surface area contributed by atoms with Gasteiger partial charge in [0.15, 0.2) is 13.1 Å². The molecule has 0 fully saturated rings. The zero-order valence-electron chi connectivity index (χ0n) is 13.6. The standard InChI is InChI=1S/C17H21BN4/c1-11(2)18-13-9-12(3)5-6-14(13)21-17-16-15(19-10-20-17)7-8-22(16)4/h5-11,18H,1-4H3,(H,19,20,21). The van der Waals surface area contributed by atoms with E-state index in [4.69, 9.17) is 0 Å². The average molecular weight is 292 g/mol. The van der Waals surface area contributed by atoms with Crippen molar-refractivity contribution < 1.29 is 0 Å². The molecule has 3 rings (SSSR count). The summed E-state index contributed by atoms with van der Waals surface area (Å²) < 4.78 is 2.05. The minimum atomic E-state index is 0.614. The Morgan fingerprint density at radius 3 is 2.77 bits per heavy atom. The SMILES string of the molecule is Cc1ccc(Nc2ncnc3ccn(C)c23)c(BC(C)C)c1. The van der Waals surface area contributed by atoms with Gasteiger partial charge in [-0.1, -0.05) is 42.8 Å². The van der Waals surface area contributed by atoms with Crippen LogP contribution in [0.15, 0.2) is 36.8 Å². The van der Waals surface area contributed by atoms with E-state index in [1.807, 2.05) is 23.9 Å². The van der Waals surface area contributed by atoms with Crippen LogP contribution >= 0.6 is 0 Å². The van der Waals surface area contributed by atoms with Crippen LogP contribution in [0.1, 0.15) is 19.4 Å². The number of aromatic nitrogens is 3.